The normalized spacial score (nSPS) is 16.5. The Morgan fingerprint density at radius 1 is 1.19 bits per heavy atom. The molecule has 2 heterocycles. The van der Waals surface area contributed by atoms with E-state index in [0.29, 0.717) is 24.7 Å². The molecule has 1 amide bonds. The van der Waals surface area contributed by atoms with Crippen LogP contribution in [-0.2, 0) is 11.2 Å². The first kappa shape index (κ1) is 17.3. The van der Waals surface area contributed by atoms with E-state index in [9.17, 15) is 4.79 Å². The summed E-state index contributed by atoms with van der Waals surface area (Å²) in [4.78, 5) is 19.3. The molecule has 1 aliphatic heterocycles. The lowest BCUT2D eigenvalue weighted by Gasteiger charge is -2.22. The summed E-state index contributed by atoms with van der Waals surface area (Å²) in [6.45, 7) is 0.696. The number of methoxy groups -OCH3 is 1. The van der Waals surface area contributed by atoms with Crippen LogP contribution < -0.4 is 4.74 Å². The average Bonchev–Trinajstić information content (AvgIpc) is 3.38. The van der Waals surface area contributed by atoms with Crippen molar-refractivity contribution in [3.05, 3.63) is 66.1 Å². The van der Waals surface area contributed by atoms with Gasteiger partial charge in [-0.15, -0.1) is 0 Å². The van der Waals surface area contributed by atoms with E-state index in [1.165, 1.54) is 0 Å². The number of likely N-dealkylation sites (tertiary alicyclic amines) is 1. The molecule has 1 aromatic heterocycles. The van der Waals surface area contributed by atoms with Crippen molar-refractivity contribution in [3.63, 3.8) is 0 Å². The first-order chi connectivity index (χ1) is 13.3. The Hall–Kier alpha value is -3.15. The van der Waals surface area contributed by atoms with E-state index in [1.54, 1.807) is 7.11 Å². The molecule has 0 unspecified atom stereocenters. The first-order valence-electron chi connectivity index (χ1n) is 9.06. The van der Waals surface area contributed by atoms with Gasteiger partial charge in [-0.3, -0.25) is 4.79 Å². The number of amides is 1. The Labute approximate surface area is 157 Å². The third-order valence-corrected chi connectivity index (χ3v) is 4.87. The molecule has 3 aromatic rings. The van der Waals surface area contributed by atoms with Crippen LogP contribution in [0.2, 0.25) is 0 Å². The smallest absolute Gasteiger partial charge is 0.249 e. The van der Waals surface area contributed by atoms with Crippen LogP contribution in [0.25, 0.3) is 11.4 Å². The van der Waals surface area contributed by atoms with Crippen LogP contribution in [0.1, 0.15) is 30.3 Å². The van der Waals surface area contributed by atoms with E-state index in [-0.39, 0.29) is 11.9 Å². The monoisotopic (exact) mass is 363 g/mol. The third-order valence-electron chi connectivity index (χ3n) is 4.87. The van der Waals surface area contributed by atoms with E-state index in [2.05, 4.69) is 10.1 Å². The summed E-state index contributed by atoms with van der Waals surface area (Å²) >= 11 is 0. The SMILES string of the molecule is COc1ccccc1CC(=O)N1CCC[C@H]1c1nc(-c2ccccc2)no1. The fourth-order valence-electron chi connectivity index (χ4n) is 3.51. The number of aromatic nitrogens is 2. The van der Waals surface area contributed by atoms with Crippen LogP contribution in [-0.4, -0.2) is 34.6 Å². The van der Waals surface area contributed by atoms with Gasteiger partial charge in [-0.2, -0.15) is 4.98 Å². The minimum Gasteiger partial charge on any atom is -0.496 e. The van der Waals surface area contributed by atoms with Crippen LogP contribution in [0.5, 0.6) is 5.75 Å². The number of nitrogens with zero attached hydrogens (tertiary/aromatic N) is 3. The molecule has 1 fully saturated rings. The lowest BCUT2D eigenvalue weighted by molar-refractivity contribution is -0.131. The van der Waals surface area contributed by atoms with Gasteiger partial charge in [-0.25, -0.2) is 0 Å². The van der Waals surface area contributed by atoms with Crippen LogP contribution in [0.3, 0.4) is 0 Å². The van der Waals surface area contributed by atoms with Crippen molar-refractivity contribution in [3.8, 4) is 17.1 Å². The summed E-state index contributed by atoms with van der Waals surface area (Å²) < 4.78 is 10.9. The number of carbonyl (C=O) groups excluding carboxylic acids is 1. The highest BCUT2D eigenvalue weighted by Crippen LogP contribution is 2.33. The van der Waals surface area contributed by atoms with Gasteiger partial charge in [0.05, 0.1) is 13.5 Å². The molecule has 2 aromatic carbocycles. The zero-order chi connectivity index (χ0) is 18.6. The van der Waals surface area contributed by atoms with Crippen molar-refractivity contribution in [2.24, 2.45) is 0 Å². The van der Waals surface area contributed by atoms with Gasteiger partial charge in [0.25, 0.3) is 0 Å². The molecule has 0 spiro atoms. The Kier molecular flexibility index (Phi) is 4.87. The highest BCUT2D eigenvalue weighted by Gasteiger charge is 2.34. The molecule has 0 aliphatic carbocycles. The Morgan fingerprint density at radius 2 is 1.96 bits per heavy atom. The number of ether oxygens (including phenoxy) is 1. The van der Waals surface area contributed by atoms with Crippen molar-refractivity contribution < 1.29 is 14.1 Å². The first-order valence-corrected chi connectivity index (χ1v) is 9.06. The summed E-state index contributed by atoms with van der Waals surface area (Å²) in [5, 5.41) is 4.09. The summed E-state index contributed by atoms with van der Waals surface area (Å²) in [5.74, 6) is 1.82. The predicted octanol–water partition coefficient (Wildman–Crippen LogP) is 3.65. The fraction of sp³-hybridized carbons (Fsp3) is 0.286. The van der Waals surface area contributed by atoms with Crippen LogP contribution in [0.4, 0.5) is 0 Å². The molecule has 4 rings (SSSR count). The van der Waals surface area contributed by atoms with E-state index in [0.717, 1.165) is 29.7 Å². The van der Waals surface area contributed by atoms with Crippen LogP contribution >= 0.6 is 0 Å². The van der Waals surface area contributed by atoms with Gasteiger partial charge >= 0.3 is 0 Å². The van der Waals surface area contributed by atoms with Gasteiger partial charge in [0.1, 0.15) is 11.8 Å². The zero-order valence-corrected chi connectivity index (χ0v) is 15.2. The van der Waals surface area contributed by atoms with E-state index in [4.69, 9.17) is 9.26 Å². The number of carbonyl (C=O) groups is 1. The largest absolute Gasteiger partial charge is 0.496 e. The lowest BCUT2D eigenvalue weighted by atomic mass is 10.1. The minimum atomic E-state index is -0.169. The molecule has 27 heavy (non-hydrogen) atoms. The lowest BCUT2D eigenvalue weighted by Crippen LogP contribution is -2.32. The second-order valence-electron chi connectivity index (χ2n) is 6.56. The maximum atomic E-state index is 12.9. The maximum absolute atomic E-state index is 12.9. The second-order valence-corrected chi connectivity index (χ2v) is 6.56. The van der Waals surface area contributed by atoms with Crippen LogP contribution in [0.15, 0.2) is 59.1 Å². The molecule has 6 nitrogen and oxygen atoms in total. The summed E-state index contributed by atoms with van der Waals surface area (Å²) in [7, 11) is 1.62. The van der Waals surface area contributed by atoms with E-state index >= 15 is 0 Å². The minimum absolute atomic E-state index is 0.0430. The Balaban J connectivity index is 1.52. The van der Waals surface area contributed by atoms with Gasteiger partial charge in [-0.05, 0) is 18.9 Å². The van der Waals surface area contributed by atoms with Crippen LogP contribution in [0, 0.1) is 0 Å². The molecule has 0 bridgehead atoms. The topological polar surface area (TPSA) is 68.5 Å². The van der Waals surface area contributed by atoms with Gasteiger partial charge in [0.2, 0.25) is 17.6 Å². The predicted molar refractivity (Wildman–Crippen MR) is 100 cm³/mol. The molecule has 138 valence electrons. The van der Waals surface area contributed by atoms with Crippen molar-refractivity contribution in [2.75, 3.05) is 13.7 Å². The van der Waals surface area contributed by atoms with E-state index in [1.807, 2.05) is 59.5 Å². The Bertz CT molecular complexity index is 923. The van der Waals surface area contributed by atoms with E-state index < -0.39 is 0 Å². The standard InChI is InChI=1S/C21H21N3O3/c1-26-18-12-6-5-10-16(18)14-19(25)24-13-7-11-17(24)21-22-20(23-27-21)15-8-3-2-4-9-15/h2-6,8-10,12,17H,7,11,13-14H2,1H3/t17-/m0/s1. The number of hydrogen-bond donors (Lipinski definition) is 0. The molecule has 1 atom stereocenters. The average molecular weight is 363 g/mol. The van der Waals surface area contributed by atoms with Gasteiger partial charge in [-0.1, -0.05) is 53.7 Å². The van der Waals surface area contributed by atoms with Gasteiger partial charge in [0, 0.05) is 17.7 Å². The van der Waals surface area contributed by atoms with Crippen molar-refractivity contribution >= 4 is 5.91 Å². The van der Waals surface area contributed by atoms with Crippen molar-refractivity contribution in [1.29, 1.82) is 0 Å². The van der Waals surface area contributed by atoms with Gasteiger partial charge < -0.3 is 14.2 Å². The molecule has 0 saturated carbocycles. The summed E-state index contributed by atoms with van der Waals surface area (Å²) in [6, 6.07) is 17.1. The maximum Gasteiger partial charge on any atom is 0.249 e. The third kappa shape index (κ3) is 3.56. The van der Waals surface area contributed by atoms with Crippen molar-refractivity contribution in [2.45, 2.75) is 25.3 Å². The zero-order valence-electron chi connectivity index (χ0n) is 15.2. The summed E-state index contributed by atoms with van der Waals surface area (Å²) in [5.41, 5.74) is 1.78. The molecule has 1 aliphatic rings. The second kappa shape index (κ2) is 7.61. The number of hydrogen-bond acceptors (Lipinski definition) is 5. The highest BCUT2D eigenvalue weighted by atomic mass is 16.5. The number of benzene rings is 2. The summed E-state index contributed by atoms with van der Waals surface area (Å²) in [6.07, 6.45) is 2.04. The quantitative estimate of drug-likeness (QED) is 0.692. The molecular weight excluding hydrogens is 342 g/mol. The van der Waals surface area contributed by atoms with Gasteiger partial charge in [0.15, 0.2) is 0 Å². The molecule has 0 radical (unpaired) electrons. The number of para-hydroxylation sites is 1. The molecule has 1 saturated heterocycles. The molecular formula is C21H21N3O3. The molecule has 6 heteroatoms. The highest BCUT2D eigenvalue weighted by molar-refractivity contribution is 5.80. The number of rotatable bonds is 5. The van der Waals surface area contributed by atoms with Crippen molar-refractivity contribution in [1.82, 2.24) is 15.0 Å². The Morgan fingerprint density at radius 3 is 2.78 bits per heavy atom. The molecule has 0 N–H and O–H groups in total. The fourth-order valence-corrected chi connectivity index (χ4v) is 3.51.